The molecule has 0 atom stereocenters. The van der Waals surface area contributed by atoms with Gasteiger partial charge >= 0.3 is 12.3 Å². The average molecular weight is 293 g/mol. The molecule has 0 saturated heterocycles. The number of ether oxygens (including phenoxy) is 3. The van der Waals surface area contributed by atoms with E-state index in [1.165, 1.54) is 0 Å². The number of halogens is 3. The van der Waals surface area contributed by atoms with Gasteiger partial charge in [-0.3, -0.25) is 0 Å². The Bertz CT molecular complexity index is 463. The molecule has 0 spiro atoms. The van der Waals surface area contributed by atoms with E-state index in [1.54, 1.807) is 6.92 Å². The molecule has 112 valence electrons. The highest BCUT2D eigenvalue weighted by atomic mass is 19.4. The second-order valence-corrected chi connectivity index (χ2v) is 3.63. The summed E-state index contributed by atoms with van der Waals surface area (Å²) in [4.78, 5) is 11.6. The number of alkyl halides is 3. The molecule has 8 heteroatoms. The van der Waals surface area contributed by atoms with Crippen molar-refractivity contribution in [1.82, 2.24) is 0 Å². The van der Waals surface area contributed by atoms with Crippen LogP contribution in [0.2, 0.25) is 0 Å². The van der Waals surface area contributed by atoms with Crippen molar-refractivity contribution in [2.75, 3.05) is 25.6 Å². The van der Waals surface area contributed by atoms with Crippen LogP contribution in [-0.2, 0) is 9.47 Å². The standard InChI is InChI=1S/C12H14F3NO4/c1-2-18-5-6-19-11(17)8-3-4-10(9(16)7-8)20-12(13,14)15/h3-4,7H,2,5-6,16H2,1H3. The first-order valence-electron chi connectivity index (χ1n) is 5.73. The second-order valence-electron chi connectivity index (χ2n) is 3.63. The SMILES string of the molecule is CCOCCOC(=O)c1ccc(OC(F)(F)F)c(N)c1. The molecule has 0 bridgehead atoms. The first-order valence-corrected chi connectivity index (χ1v) is 5.73. The summed E-state index contributed by atoms with van der Waals surface area (Å²) in [6, 6.07) is 3.16. The van der Waals surface area contributed by atoms with Crippen molar-refractivity contribution in [2.24, 2.45) is 0 Å². The van der Waals surface area contributed by atoms with Gasteiger partial charge in [0.25, 0.3) is 0 Å². The molecule has 0 aliphatic rings. The molecule has 0 unspecified atom stereocenters. The van der Waals surface area contributed by atoms with Crippen molar-refractivity contribution in [3.63, 3.8) is 0 Å². The van der Waals surface area contributed by atoms with Gasteiger partial charge in [0.05, 0.1) is 17.9 Å². The van der Waals surface area contributed by atoms with E-state index in [0.29, 0.717) is 6.61 Å². The second kappa shape index (κ2) is 6.99. The molecule has 0 aliphatic heterocycles. The molecule has 1 aromatic carbocycles. The molecule has 2 N–H and O–H groups in total. The third-order valence-corrected chi connectivity index (χ3v) is 2.14. The molecular weight excluding hydrogens is 279 g/mol. The maximum atomic E-state index is 12.0. The minimum atomic E-state index is -4.84. The first-order chi connectivity index (χ1) is 9.33. The van der Waals surface area contributed by atoms with E-state index in [2.05, 4.69) is 4.74 Å². The van der Waals surface area contributed by atoms with E-state index in [-0.39, 0.29) is 24.5 Å². The van der Waals surface area contributed by atoms with Gasteiger partial charge in [-0.05, 0) is 25.1 Å². The van der Waals surface area contributed by atoms with Gasteiger partial charge in [0.1, 0.15) is 6.61 Å². The summed E-state index contributed by atoms with van der Waals surface area (Å²) >= 11 is 0. The number of hydrogen-bond donors (Lipinski definition) is 1. The lowest BCUT2D eigenvalue weighted by molar-refractivity contribution is -0.274. The predicted molar refractivity (Wildman–Crippen MR) is 64.3 cm³/mol. The van der Waals surface area contributed by atoms with Crippen molar-refractivity contribution in [2.45, 2.75) is 13.3 Å². The maximum absolute atomic E-state index is 12.0. The van der Waals surface area contributed by atoms with Gasteiger partial charge in [-0.15, -0.1) is 13.2 Å². The van der Waals surface area contributed by atoms with Crippen LogP contribution in [0.25, 0.3) is 0 Å². The van der Waals surface area contributed by atoms with Crippen molar-refractivity contribution in [1.29, 1.82) is 0 Å². The quantitative estimate of drug-likeness (QED) is 0.495. The highest BCUT2D eigenvalue weighted by Crippen LogP contribution is 2.29. The number of nitrogen functional groups attached to an aromatic ring is 1. The van der Waals surface area contributed by atoms with Crippen molar-refractivity contribution in [3.8, 4) is 5.75 Å². The smallest absolute Gasteiger partial charge is 0.460 e. The number of rotatable bonds is 6. The number of carbonyl (C=O) groups excluding carboxylic acids is 1. The largest absolute Gasteiger partial charge is 0.573 e. The molecule has 20 heavy (non-hydrogen) atoms. The lowest BCUT2D eigenvalue weighted by Crippen LogP contribution is -2.18. The lowest BCUT2D eigenvalue weighted by atomic mass is 10.2. The van der Waals surface area contributed by atoms with Gasteiger partial charge in [-0.2, -0.15) is 0 Å². The molecular formula is C12H14F3NO4. The van der Waals surface area contributed by atoms with E-state index < -0.39 is 18.1 Å². The van der Waals surface area contributed by atoms with Crippen LogP contribution in [0.5, 0.6) is 5.75 Å². The Labute approximate surface area is 113 Å². The monoisotopic (exact) mass is 293 g/mol. The van der Waals surface area contributed by atoms with Gasteiger partial charge in [0.15, 0.2) is 5.75 Å². The van der Waals surface area contributed by atoms with Crippen LogP contribution in [0.15, 0.2) is 18.2 Å². The van der Waals surface area contributed by atoms with Gasteiger partial charge in [-0.25, -0.2) is 4.79 Å². The van der Waals surface area contributed by atoms with Crippen LogP contribution in [-0.4, -0.2) is 32.2 Å². The molecule has 0 radical (unpaired) electrons. The molecule has 0 aromatic heterocycles. The van der Waals surface area contributed by atoms with E-state index >= 15 is 0 Å². The van der Waals surface area contributed by atoms with Crippen LogP contribution < -0.4 is 10.5 Å². The highest BCUT2D eigenvalue weighted by Gasteiger charge is 2.32. The summed E-state index contributed by atoms with van der Waals surface area (Å²) in [5, 5.41) is 0. The molecule has 0 saturated carbocycles. The normalized spacial score (nSPS) is 11.2. The van der Waals surface area contributed by atoms with Crippen LogP contribution in [0.3, 0.4) is 0 Å². The molecule has 5 nitrogen and oxygen atoms in total. The number of hydrogen-bond acceptors (Lipinski definition) is 5. The van der Waals surface area contributed by atoms with Gasteiger partial charge in [0, 0.05) is 6.61 Å². The molecule has 0 amide bonds. The topological polar surface area (TPSA) is 70.8 Å². The van der Waals surface area contributed by atoms with E-state index in [1.807, 2.05) is 0 Å². The van der Waals surface area contributed by atoms with Crippen LogP contribution in [0.4, 0.5) is 18.9 Å². The Kier molecular flexibility index (Phi) is 5.63. The van der Waals surface area contributed by atoms with Crippen LogP contribution in [0.1, 0.15) is 17.3 Å². The van der Waals surface area contributed by atoms with Crippen molar-refractivity contribution < 1.29 is 32.2 Å². The predicted octanol–water partition coefficient (Wildman–Crippen LogP) is 2.36. The Morgan fingerprint density at radius 1 is 1.30 bits per heavy atom. The molecule has 1 aromatic rings. The molecule has 1 rings (SSSR count). The van der Waals surface area contributed by atoms with Gasteiger partial charge < -0.3 is 19.9 Å². The average Bonchev–Trinajstić information content (AvgIpc) is 2.35. The Hall–Kier alpha value is -1.96. The Morgan fingerprint density at radius 2 is 2.00 bits per heavy atom. The summed E-state index contributed by atoms with van der Waals surface area (Å²) in [6.07, 6.45) is -4.84. The molecule has 0 aliphatic carbocycles. The van der Waals surface area contributed by atoms with Crippen LogP contribution >= 0.6 is 0 Å². The van der Waals surface area contributed by atoms with Crippen molar-refractivity contribution >= 4 is 11.7 Å². The number of anilines is 1. The summed E-state index contributed by atoms with van der Waals surface area (Å²) in [5.74, 6) is -1.27. The van der Waals surface area contributed by atoms with E-state index in [4.69, 9.17) is 15.2 Å². The minimum absolute atomic E-state index is 0.0357. The summed E-state index contributed by atoms with van der Waals surface area (Å²) in [5.41, 5.74) is 5.12. The van der Waals surface area contributed by atoms with Crippen molar-refractivity contribution in [3.05, 3.63) is 23.8 Å². The number of carbonyl (C=O) groups is 1. The highest BCUT2D eigenvalue weighted by molar-refractivity contribution is 5.91. The Morgan fingerprint density at radius 3 is 2.55 bits per heavy atom. The van der Waals surface area contributed by atoms with Crippen LogP contribution in [0, 0.1) is 0 Å². The molecule has 0 heterocycles. The van der Waals surface area contributed by atoms with Gasteiger partial charge in [0.2, 0.25) is 0 Å². The third-order valence-electron chi connectivity index (χ3n) is 2.14. The van der Waals surface area contributed by atoms with E-state index in [9.17, 15) is 18.0 Å². The number of benzene rings is 1. The summed E-state index contributed by atoms with van der Waals surface area (Å²) in [7, 11) is 0. The summed E-state index contributed by atoms with van der Waals surface area (Å²) < 4.78 is 49.6. The fourth-order valence-electron chi connectivity index (χ4n) is 1.31. The zero-order chi connectivity index (χ0) is 15.2. The van der Waals surface area contributed by atoms with E-state index in [0.717, 1.165) is 18.2 Å². The fraction of sp³-hybridized carbons (Fsp3) is 0.417. The fourth-order valence-corrected chi connectivity index (χ4v) is 1.31. The Balaban J connectivity index is 2.64. The zero-order valence-electron chi connectivity index (χ0n) is 10.7. The zero-order valence-corrected chi connectivity index (χ0v) is 10.7. The summed E-state index contributed by atoms with van der Waals surface area (Å²) in [6.45, 7) is 2.58. The third kappa shape index (κ3) is 5.35. The lowest BCUT2D eigenvalue weighted by Gasteiger charge is -2.12. The maximum Gasteiger partial charge on any atom is 0.573 e. The number of esters is 1. The van der Waals surface area contributed by atoms with Gasteiger partial charge in [-0.1, -0.05) is 0 Å². The first kappa shape index (κ1) is 16.1. The molecule has 0 fully saturated rings. The number of nitrogens with two attached hydrogens (primary N) is 1. The minimum Gasteiger partial charge on any atom is -0.460 e.